The Balaban J connectivity index is 2.55. The van der Waals surface area contributed by atoms with Crippen molar-refractivity contribution < 1.29 is 4.74 Å². The molecule has 0 fully saturated rings. The Morgan fingerprint density at radius 3 is 2.75 bits per heavy atom. The first-order chi connectivity index (χ1) is 7.38. The van der Waals surface area contributed by atoms with Gasteiger partial charge in [0.25, 0.3) is 0 Å². The summed E-state index contributed by atoms with van der Waals surface area (Å²) >= 11 is 4.83. The van der Waals surface area contributed by atoms with Crippen molar-refractivity contribution in [3.63, 3.8) is 0 Å². The third kappa shape index (κ3) is 4.53. The molecule has 0 aliphatic carbocycles. The highest BCUT2D eigenvalue weighted by molar-refractivity contribution is 7.80. The van der Waals surface area contributed by atoms with Gasteiger partial charge < -0.3 is 10.5 Å². The maximum absolute atomic E-state index is 5.47. The van der Waals surface area contributed by atoms with Crippen LogP contribution in [0.1, 0.15) is 32.9 Å². The van der Waals surface area contributed by atoms with Crippen molar-refractivity contribution in [2.45, 2.75) is 27.2 Å². The van der Waals surface area contributed by atoms with Gasteiger partial charge >= 0.3 is 6.01 Å². The molecule has 1 aromatic rings. The Bertz CT molecular complexity index is 374. The minimum absolute atomic E-state index is 0.237. The lowest BCUT2D eigenvalue weighted by Gasteiger charge is -2.17. The van der Waals surface area contributed by atoms with Crippen molar-refractivity contribution in [3.05, 3.63) is 18.0 Å². The second-order valence-electron chi connectivity index (χ2n) is 4.75. The molecule has 0 aliphatic rings. The van der Waals surface area contributed by atoms with E-state index < -0.39 is 0 Å². The van der Waals surface area contributed by atoms with Crippen molar-refractivity contribution in [3.8, 4) is 6.01 Å². The van der Waals surface area contributed by atoms with Gasteiger partial charge in [-0.3, -0.25) is 0 Å². The first kappa shape index (κ1) is 12.8. The van der Waals surface area contributed by atoms with Crippen LogP contribution in [0.5, 0.6) is 6.01 Å². The Morgan fingerprint density at radius 2 is 2.19 bits per heavy atom. The molecule has 0 radical (unpaired) electrons. The van der Waals surface area contributed by atoms with E-state index >= 15 is 0 Å². The smallest absolute Gasteiger partial charge is 0.316 e. The van der Waals surface area contributed by atoms with Crippen molar-refractivity contribution in [2.24, 2.45) is 11.1 Å². The van der Waals surface area contributed by atoms with Crippen LogP contribution in [-0.2, 0) is 0 Å². The fourth-order valence-corrected chi connectivity index (χ4v) is 1.11. The molecule has 0 aliphatic heterocycles. The molecule has 0 bridgehead atoms. The summed E-state index contributed by atoms with van der Waals surface area (Å²) in [7, 11) is 0. The van der Waals surface area contributed by atoms with Crippen LogP contribution in [0.2, 0.25) is 0 Å². The zero-order chi connectivity index (χ0) is 12.2. The van der Waals surface area contributed by atoms with E-state index in [2.05, 4.69) is 30.7 Å². The lowest BCUT2D eigenvalue weighted by Crippen LogP contribution is -2.15. The number of ether oxygens (including phenoxy) is 1. The summed E-state index contributed by atoms with van der Waals surface area (Å²) in [5.41, 5.74) is 6.24. The van der Waals surface area contributed by atoms with E-state index in [1.807, 2.05) is 0 Å². The summed E-state index contributed by atoms with van der Waals surface area (Å²) in [6.07, 6.45) is 2.53. The van der Waals surface area contributed by atoms with Crippen LogP contribution in [0.15, 0.2) is 12.3 Å². The number of nitrogens with zero attached hydrogens (tertiary/aromatic N) is 2. The second-order valence-corrected chi connectivity index (χ2v) is 5.19. The highest BCUT2D eigenvalue weighted by Crippen LogP contribution is 2.18. The van der Waals surface area contributed by atoms with Crippen LogP contribution in [0.3, 0.4) is 0 Å². The predicted molar refractivity (Wildman–Crippen MR) is 67.5 cm³/mol. The lowest BCUT2D eigenvalue weighted by molar-refractivity contribution is 0.229. The Hall–Kier alpha value is -1.23. The minimum atomic E-state index is 0.237. The van der Waals surface area contributed by atoms with E-state index in [1.165, 1.54) is 0 Å². The molecular weight excluding hydrogens is 222 g/mol. The predicted octanol–water partition coefficient (Wildman–Crippen LogP) is 1.93. The lowest BCUT2D eigenvalue weighted by atomic mass is 9.93. The average Bonchev–Trinajstić information content (AvgIpc) is 2.16. The SMILES string of the molecule is CC(C)(C)CCOc1nccc(C(N)=S)n1. The Morgan fingerprint density at radius 1 is 1.50 bits per heavy atom. The molecule has 0 saturated heterocycles. The Kier molecular flexibility index (Phi) is 4.18. The van der Waals surface area contributed by atoms with Crippen molar-refractivity contribution >= 4 is 17.2 Å². The molecule has 1 aromatic heterocycles. The van der Waals surface area contributed by atoms with Gasteiger partial charge in [0, 0.05) is 6.20 Å². The van der Waals surface area contributed by atoms with Crippen LogP contribution in [0, 0.1) is 5.41 Å². The van der Waals surface area contributed by atoms with Gasteiger partial charge in [0.1, 0.15) is 10.7 Å². The summed E-state index contributed by atoms with van der Waals surface area (Å²) in [6, 6.07) is 1.99. The zero-order valence-corrected chi connectivity index (χ0v) is 10.7. The molecule has 1 heterocycles. The molecule has 0 spiro atoms. The number of hydrogen-bond donors (Lipinski definition) is 1. The molecule has 0 aromatic carbocycles. The molecular formula is C11H17N3OS. The standard InChI is InChI=1S/C11H17N3OS/c1-11(2,3)5-7-15-10-13-6-4-8(14-10)9(12)16/h4,6H,5,7H2,1-3H3,(H2,12,16). The van der Waals surface area contributed by atoms with Crippen LogP contribution < -0.4 is 10.5 Å². The minimum Gasteiger partial charge on any atom is -0.463 e. The monoisotopic (exact) mass is 239 g/mol. The molecule has 1 rings (SSSR count). The van der Waals surface area contributed by atoms with Crippen LogP contribution in [-0.4, -0.2) is 21.6 Å². The summed E-state index contributed by atoms with van der Waals surface area (Å²) in [4.78, 5) is 8.34. The first-order valence-corrected chi connectivity index (χ1v) is 5.55. The molecule has 5 heteroatoms. The highest BCUT2D eigenvalue weighted by Gasteiger charge is 2.10. The second kappa shape index (κ2) is 5.21. The van der Waals surface area contributed by atoms with E-state index in [9.17, 15) is 0 Å². The van der Waals surface area contributed by atoms with Crippen LogP contribution >= 0.6 is 12.2 Å². The van der Waals surface area contributed by atoms with Gasteiger partial charge in [0.2, 0.25) is 0 Å². The van der Waals surface area contributed by atoms with Crippen molar-refractivity contribution in [2.75, 3.05) is 6.61 Å². The van der Waals surface area contributed by atoms with E-state index in [-0.39, 0.29) is 10.4 Å². The Labute approximate surface area is 101 Å². The topological polar surface area (TPSA) is 61.0 Å². The maximum atomic E-state index is 5.47. The van der Waals surface area contributed by atoms with E-state index in [0.717, 1.165) is 6.42 Å². The fraction of sp³-hybridized carbons (Fsp3) is 0.545. The highest BCUT2D eigenvalue weighted by atomic mass is 32.1. The third-order valence-electron chi connectivity index (χ3n) is 1.97. The van der Waals surface area contributed by atoms with Gasteiger partial charge in [-0.1, -0.05) is 33.0 Å². The van der Waals surface area contributed by atoms with Crippen molar-refractivity contribution in [1.82, 2.24) is 9.97 Å². The molecule has 4 nitrogen and oxygen atoms in total. The molecule has 0 amide bonds. The largest absolute Gasteiger partial charge is 0.463 e. The summed E-state index contributed by atoms with van der Waals surface area (Å²) < 4.78 is 5.44. The van der Waals surface area contributed by atoms with Gasteiger partial charge in [-0.15, -0.1) is 0 Å². The van der Waals surface area contributed by atoms with Gasteiger partial charge in [0.05, 0.1) is 6.61 Å². The fourth-order valence-electron chi connectivity index (χ4n) is 0.996. The third-order valence-corrected chi connectivity index (χ3v) is 2.18. The van der Waals surface area contributed by atoms with Gasteiger partial charge in [-0.2, -0.15) is 4.98 Å². The molecule has 16 heavy (non-hydrogen) atoms. The average molecular weight is 239 g/mol. The summed E-state index contributed by atoms with van der Waals surface area (Å²) in [6.45, 7) is 7.05. The van der Waals surface area contributed by atoms with E-state index in [0.29, 0.717) is 18.3 Å². The summed E-state index contributed by atoms with van der Waals surface area (Å²) in [5.74, 6) is 0. The number of hydrogen-bond acceptors (Lipinski definition) is 4. The number of nitrogens with two attached hydrogens (primary N) is 1. The first-order valence-electron chi connectivity index (χ1n) is 5.14. The number of aromatic nitrogens is 2. The van der Waals surface area contributed by atoms with E-state index in [4.69, 9.17) is 22.7 Å². The molecule has 0 atom stereocenters. The number of thiocarbonyl (C=S) groups is 1. The molecule has 88 valence electrons. The zero-order valence-electron chi connectivity index (χ0n) is 9.86. The molecule has 0 saturated carbocycles. The quantitative estimate of drug-likeness (QED) is 0.813. The normalized spacial score (nSPS) is 11.2. The van der Waals surface area contributed by atoms with Crippen LogP contribution in [0.25, 0.3) is 0 Å². The van der Waals surface area contributed by atoms with Crippen molar-refractivity contribution in [1.29, 1.82) is 0 Å². The van der Waals surface area contributed by atoms with Gasteiger partial charge in [0.15, 0.2) is 0 Å². The van der Waals surface area contributed by atoms with Gasteiger partial charge in [-0.05, 0) is 17.9 Å². The van der Waals surface area contributed by atoms with Crippen LogP contribution in [0.4, 0.5) is 0 Å². The molecule has 0 unspecified atom stereocenters. The number of rotatable bonds is 4. The maximum Gasteiger partial charge on any atom is 0.316 e. The van der Waals surface area contributed by atoms with Gasteiger partial charge in [-0.25, -0.2) is 4.98 Å². The summed E-state index contributed by atoms with van der Waals surface area (Å²) in [5, 5.41) is 0. The van der Waals surface area contributed by atoms with E-state index in [1.54, 1.807) is 12.3 Å². The molecule has 2 N–H and O–H groups in total.